The Kier molecular flexibility index (Phi) is 6.16. The van der Waals surface area contributed by atoms with Crippen molar-refractivity contribution in [2.45, 2.75) is 45.8 Å². The molecular weight excluding hydrogens is 438 g/mol. The van der Waals surface area contributed by atoms with E-state index in [2.05, 4.69) is 88.0 Å². The molecule has 0 radical (unpaired) electrons. The zero-order valence-corrected chi connectivity index (χ0v) is 20.6. The molecular formula is C28H29N5S. The molecule has 1 aliphatic heterocycles. The number of hydrogen-bond acceptors (Lipinski definition) is 3. The van der Waals surface area contributed by atoms with E-state index >= 15 is 0 Å². The number of para-hydroxylation sites is 1. The third-order valence-corrected chi connectivity index (χ3v) is 7.01. The van der Waals surface area contributed by atoms with Crippen molar-refractivity contribution < 1.29 is 0 Å². The van der Waals surface area contributed by atoms with Crippen LogP contribution in [0.1, 0.15) is 52.9 Å². The predicted octanol–water partition coefficient (Wildman–Crippen LogP) is 5.62. The normalized spacial score (nSPS) is 17.7. The maximum Gasteiger partial charge on any atom is 0.170 e. The lowest BCUT2D eigenvalue weighted by Gasteiger charge is -2.28. The minimum Gasteiger partial charge on any atom is -0.352 e. The van der Waals surface area contributed by atoms with Gasteiger partial charge < -0.3 is 14.8 Å². The van der Waals surface area contributed by atoms with Crippen LogP contribution in [0.15, 0.2) is 79.1 Å². The van der Waals surface area contributed by atoms with Gasteiger partial charge in [-0.3, -0.25) is 9.97 Å². The van der Waals surface area contributed by atoms with Gasteiger partial charge in [0.15, 0.2) is 5.11 Å². The number of nitrogens with one attached hydrogen (secondary N) is 1. The molecule has 3 aromatic heterocycles. The first-order valence-electron chi connectivity index (χ1n) is 11.7. The summed E-state index contributed by atoms with van der Waals surface area (Å²) in [5.74, 6) is 0. The van der Waals surface area contributed by atoms with Gasteiger partial charge in [0.05, 0.1) is 30.0 Å². The van der Waals surface area contributed by atoms with Gasteiger partial charge in [0.25, 0.3) is 0 Å². The van der Waals surface area contributed by atoms with E-state index in [0.717, 1.165) is 22.9 Å². The van der Waals surface area contributed by atoms with Crippen LogP contribution < -0.4 is 5.32 Å². The highest BCUT2D eigenvalue weighted by atomic mass is 32.1. The topological polar surface area (TPSA) is 46.0 Å². The fourth-order valence-electron chi connectivity index (χ4n) is 5.07. The van der Waals surface area contributed by atoms with Crippen molar-refractivity contribution in [2.24, 2.45) is 0 Å². The largest absolute Gasteiger partial charge is 0.352 e. The summed E-state index contributed by atoms with van der Waals surface area (Å²) >= 11 is 5.86. The van der Waals surface area contributed by atoms with Gasteiger partial charge in [0.2, 0.25) is 0 Å². The quantitative estimate of drug-likeness (QED) is 0.373. The molecule has 0 bridgehead atoms. The summed E-state index contributed by atoms with van der Waals surface area (Å²) in [7, 11) is 0. The Morgan fingerprint density at radius 2 is 1.68 bits per heavy atom. The lowest BCUT2D eigenvalue weighted by atomic mass is 9.96. The second-order valence-electron chi connectivity index (χ2n) is 8.72. The molecule has 1 aliphatic rings. The summed E-state index contributed by atoms with van der Waals surface area (Å²) in [5, 5.41) is 4.29. The lowest BCUT2D eigenvalue weighted by Crippen LogP contribution is -2.29. The highest BCUT2D eigenvalue weighted by Gasteiger charge is 2.41. The summed E-state index contributed by atoms with van der Waals surface area (Å²) < 4.78 is 2.38. The van der Waals surface area contributed by atoms with Crippen molar-refractivity contribution in [1.82, 2.24) is 24.8 Å². The molecule has 34 heavy (non-hydrogen) atoms. The van der Waals surface area contributed by atoms with E-state index in [1.54, 1.807) is 0 Å². The van der Waals surface area contributed by atoms with E-state index in [-0.39, 0.29) is 12.1 Å². The summed E-state index contributed by atoms with van der Waals surface area (Å²) in [5.41, 5.74) is 8.24. The number of nitrogens with zero attached hydrogens (tertiary/aromatic N) is 4. The third kappa shape index (κ3) is 3.99. The van der Waals surface area contributed by atoms with E-state index in [9.17, 15) is 0 Å². The maximum absolute atomic E-state index is 5.86. The molecule has 1 N–H and O–H groups in total. The molecule has 2 atom stereocenters. The second kappa shape index (κ2) is 9.39. The van der Waals surface area contributed by atoms with Gasteiger partial charge in [-0.15, -0.1) is 0 Å². The summed E-state index contributed by atoms with van der Waals surface area (Å²) in [6, 6.07) is 23.0. The third-order valence-electron chi connectivity index (χ3n) is 6.66. The molecule has 172 valence electrons. The molecule has 1 saturated heterocycles. The van der Waals surface area contributed by atoms with Crippen LogP contribution in [0.25, 0.3) is 5.69 Å². The number of aromatic nitrogens is 3. The SMILES string of the molecule is CCc1ccccc1-n1c(C)cc([C@H]2[C@H](c3ccccn3)NC(=S)N2Cc2ccccn2)c1C. The Morgan fingerprint density at radius 3 is 2.38 bits per heavy atom. The zero-order chi connectivity index (χ0) is 23.7. The highest BCUT2D eigenvalue weighted by Crippen LogP contribution is 2.42. The molecule has 4 heterocycles. The van der Waals surface area contributed by atoms with Crippen LogP contribution >= 0.6 is 12.2 Å². The van der Waals surface area contributed by atoms with Crippen molar-refractivity contribution in [3.63, 3.8) is 0 Å². The fourth-order valence-corrected chi connectivity index (χ4v) is 5.37. The molecule has 0 unspecified atom stereocenters. The Balaban J connectivity index is 1.64. The monoisotopic (exact) mass is 467 g/mol. The molecule has 5 rings (SSSR count). The summed E-state index contributed by atoms with van der Waals surface area (Å²) in [6.07, 6.45) is 4.67. The van der Waals surface area contributed by atoms with Gasteiger partial charge in [-0.2, -0.15) is 0 Å². The van der Waals surface area contributed by atoms with E-state index in [4.69, 9.17) is 12.2 Å². The highest BCUT2D eigenvalue weighted by molar-refractivity contribution is 7.80. The van der Waals surface area contributed by atoms with Crippen LogP contribution in [0.4, 0.5) is 0 Å². The van der Waals surface area contributed by atoms with Crippen LogP contribution in [-0.4, -0.2) is 24.5 Å². The van der Waals surface area contributed by atoms with Crippen molar-refractivity contribution in [1.29, 1.82) is 0 Å². The van der Waals surface area contributed by atoms with E-state index in [1.807, 2.05) is 36.7 Å². The standard InChI is InChI=1S/C28H29N5S/c1-4-21-11-5-6-14-25(21)33-19(2)17-23(20(33)3)27-26(24-13-8-10-16-30-24)31-28(34)32(27)18-22-12-7-9-15-29-22/h5-17,26-27H,4,18H2,1-3H3,(H,31,34)/t26-,27-/m0/s1. The summed E-state index contributed by atoms with van der Waals surface area (Å²) in [4.78, 5) is 11.5. The van der Waals surface area contributed by atoms with E-state index in [1.165, 1.54) is 28.2 Å². The van der Waals surface area contributed by atoms with Crippen molar-refractivity contribution in [2.75, 3.05) is 0 Å². The average molecular weight is 468 g/mol. The predicted molar refractivity (Wildman–Crippen MR) is 140 cm³/mol. The fraction of sp³-hybridized carbons (Fsp3) is 0.250. The molecule has 1 aromatic carbocycles. The molecule has 4 aromatic rings. The lowest BCUT2D eigenvalue weighted by molar-refractivity contribution is 0.307. The van der Waals surface area contributed by atoms with Gasteiger partial charge in [0.1, 0.15) is 0 Å². The molecule has 5 nitrogen and oxygen atoms in total. The van der Waals surface area contributed by atoms with Gasteiger partial charge in [-0.25, -0.2) is 0 Å². The number of thiocarbonyl (C=S) groups is 1. The second-order valence-corrected chi connectivity index (χ2v) is 9.11. The van der Waals surface area contributed by atoms with Gasteiger partial charge in [-0.05, 0) is 80.0 Å². The van der Waals surface area contributed by atoms with Gasteiger partial charge >= 0.3 is 0 Å². The van der Waals surface area contributed by atoms with Crippen LogP contribution in [0.5, 0.6) is 0 Å². The van der Waals surface area contributed by atoms with Crippen LogP contribution in [0.3, 0.4) is 0 Å². The van der Waals surface area contributed by atoms with Gasteiger partial charge in [0, 0.05) is 29.5 Å². The Hall–Kier alpha value is -3.51. The van der Waals surface area contributed by atoms with E-state index < -0.39 is 0 Å². The van der Waals surface area contributed by atoms with Gasteiger partial charge in [-0.1, -0.05) is 37.3 Å². The van der Waals surface area contributed by atoms with Crippen molar-refractivity contribution in [3.8, 4) is 5.69 Å². The molecule has 0 spiro atoms. The Morgan fingerprint density at radius 1 is 0.941 bits per heavy atom. The molecule has 6 heteroatoms. The number of pyridine rings is 2. The number of aryl methyl sites for hydroxylation is 2. The van der Waals surface area contributed by atoms with Crippen LogP contribution in [0.2, 0.25) is 0 Å². The Bertz CT molecular complexity index is 1300. The van der Waals surface area contributed by atoms with Crippen molar-refractivity contribution >= 4 is 17.3 Å². The first kappa shape index (κ1) is 22.3. The smallest absolute Gasteiger partial charge is 0.170 e. The first-order chi connectivity index (χ1) is 16.6. The summed E-state index contributed by atoms with van der Waals surface area (Å²) in [6.45, 7) is 7.24. The molecule has 0 saturated carbocycles. The van der Waals surface area contributed by atoms with Crippen LogP contribution in [0, 0.1) is 13.8 Å². The molecule has 1 fully saturated rings. The average Bonchev–Trinajstić information content (AvgIpc) is 3.35. The van der Waals surface area contributed by atoms with E-state index in [0.29, 0.717) is 6.54 Å². The maximum atomic E-state index is 5.86. The number of benzene rings is 1. The zero-order valence-electron chi connectivity index (χ0n) is 19.8. The van der Waals surface area contributed by atoms with Crippen molar-refractivity contribution in [3.05, 3.63) is 113 Å². The molecule has 0 amide bonds. The Labute approximate surface area is 206 Å². The number of rotatable bonds is 6. The number of hydrogen-bond donors (Lipinski definition) is 1. The molecule has 0 aliphatic carbocycles. The minimum absolute atomic E-state index is 0.00172. The minimum atomic E-state index is -0.0484. The first-order valence-corrected chi connectivity index (χ1v) is 12.1. The van der Waals surface area contributed by atoms with Crippen LogP contribution in [-0.2, 0) is 13.0 Å².